The molecule has 3 aliphatic rings. The van der Waals surface area contributed by atoms with E-state index < -0.39 is 16.6 Å². The van der Waals surface area contributed by atoms with Gasteiger partial charge in [-0.2, -0.15) is 13.1 Å². The monoisotopic (exact) mass is 442 g/mol. The van der Waals surface area contributed by atoms with Crippen molar-refractivity contribution in [2.45, 2.75) is 32.3 Å². The molecular formula is C21H28F2N2O4S. The van der Waals surface area contributed by atoms with E-state index >= 15 is 0 Å². The van der Waals surface area contributed by atoms with Gasteiger partial charge in [-0.05, 0) is 60.9 Å². The third kappa shape index (κ3) is 5.01. The summed E-state index contributed by atoms with van der Waals surface area (Å²) in [4.78, 5) is 2.81. The Hall–Kier alpha value is -1.55. The third-order valence-corrected chi connectivity index (χ3v) is 8.19. The number of ether oxygens (including phenoxy) is 2. The molecular weight excluding hydrogens is 414 g/mol. The topological polar surface area (TPSA) is 59.1 Å². The highest BCUT2D eigenvalue weighted by molar-refractivity contribution is 7.93. The van der Waals surface area contributed by atoms with Crippen molar-refractivity contribution >= 4 is 16.1 Å². The Morgan fingerprint density at radius 2 is 1.83 bits per heavy atom. The number of allylic oxidation sites excluding steroid dienone is 1. The molecule has 0 spiro atoms. The SMILES string of the molecule is O=S(=O)(C1=Cc2ccc(OC(F)F)cc2CC1)N1CCC(CN2CCOCC2)CC1. The molecule has 30 heavy (non-hydrogen) atoms. The number of aryl methyl sites for hydroxylation is 1. The molecule has 1 aromatic carbocycles. The first kappa shape index (κ1) is 21.7. The summed E-state index contributed by atoms with van der Waals surface area (Å²) in [6.45, 7) is 2.69. The van der Waals surface area contributed by atoms with Gasteiger partial charge in [0.25, 0.3) is 0 Å². The van der Waals surface area contributed by atoms with E-state index in [2.05, 4.69) is 9.64 Å². The van der Waals surface area contributed by atoms with E-state index in [1.165, 1.54) is 6.07 Å². The molecule has 0 aromatic heterocycles. The fourth-order valence-electron chi connectivity index (χ4n) is 4.47. The number of hydrogen-bond donors (Lipinski definition) is 0. The lowest BCUT2D eigenvalue weighted by Crippen LogP contribution is -2.44. The predicted molar refractivity (Wildman–Crippen MR) is 110 cm³/mol. The summed E-state index contributed by atoms with van der Waals surface area (Å²) in [5.74, 6) is 0.620. The summed E-state index contributed by atoms with van der Waals surface area (Å²) in [6.07, 6.45) is 4.29. The average Bonchev–Trinajstić information content (AvgIpc) is 2.74. The maximum absolute atomic E-state index is 13.2. The molecule has 2 aliphatic heterocycles. The van der Waals surface area contributed by atoms with Crippen LogP contribution in [0.3, 0.4) is 0 Å². The maximum atomic E-state index is 13.2. The molecule has 0 bridgehead atoms. The Labute approximate surface area is 176 Å². The minimum absolute atomic E-state index is 0.103. The van der Waals surface area contributed by atoms with Crippen LogP contribution >= 0.6 is 0 Å². The van der Waals surface area contributed by atoms with E-state index in [-0.39, 0.29) is 5.75 Å². The number of nitrogens with zero attached hydrogens (tertiary/aromatic N) is 2. The summed E-state index contributed by atoms with van der Waals surface area (Å²) in [5.41, 5.74) is 1.58. The van der Waals surface area contributed by atoms with Crippen LogP contribution in [0.1, 0.15) is 30.4 Å². The van der Waals surface area contributed by atoms with Crippen LogP contribution in [0.2, 0.25) is 0 Å². The Balaban J connectivity index is 1.38. The van der Waals surface area contributed by atoms with Crippen molar-refractivity contribution in [3.63, 3.8) is 0 Å². The molecule has 0 saturated carbocycles. The number of hydrogen-bond acceptors (Lipinski definition) is 5. The van der Waals surface area contributed by atoms with Crippen LogP contribution in [-0.2, 0) is 21.2 Å². The Bertz CT molecular complexity index is 877. The first-order chi connectivity index (χ1) is 14.4. The number of piperidine rings is 1. The van der Waals surface area contributed by atoms with Gasteiger partial charge in [0.2, 0.25) is 10.0 Å². The van der Waals surface area contributed by atoms with Crippen molar-refractivity contribution in [3.05, 3.63) is 34.2 Å². The highest BCUT2D eigenvalue weighted by Crippen LogP contribution is 2.33. The van der Waals surface area contributed by atoms with E-state index in [0.717, 1.165) is 56.8 Å². The van der Waals surface area contributed by atoms with E-state index in [1.807, 2.05) is 0 Å². The lowest BCUT2D eigenvalue weighted by atomic mass is 9.97. The van der Waals surface area contributed by atoms with Crippen molar-refractivity contribution in [2.24, 2.45) is 5.92 Å². The number of alkyl halides is 2. The molecule has 166 valence electrons. The van der Waals surface area contributed by atoms with Crippen molar-refractivity contribution < 1.29 is 26.7 Å². The second kappa shape index (κ2) is 9.30. The van der Waals surface area contributed by atoms with Gasteiger partial charge in [0, 0.05) is 32.7 Å². The van der Waals surface area contributed by atoms with Gasteiger partial charge in [-0.25, -0.2) is 8.42 Å². The quantitative estimate of drug-likeness (QED) is 0.678. The summed E-state index contributed by atoms with van der Waals surface area (Å²) < 4.78 is 62.6. The Morgan fingerprint density at radius 1 is 1.10 bits per heavy atom. The number of fused-ring (bicyclic) bond motifs is 1. The van der Waals surface area contributed by atoms with E-state index in [0.29, 0.717) is 36.8 Å². The van der Waals surface area contributed by atoms with Gasteiger partial charge in [0.05, 0.1) is 18.1 Å². The van der Waals surface area contributed by atoms with Gasteiger partial charge in [-0.15, -0.1) is 0 Å². The van der Waals surface area contributed by atoms with Gasteiger partial charge >= 0.3 is 6.61 Å². The Kier molecular flexibility index (Phi) is 6.72. The highest BCUT2D eigenvalue weighted by Gasteiger charge is 2.32. The van der Waals surface area contributed by atoms with Gasteiger partial charge in [0.1, 0.15) is 5.75 Å². The van der Waals surface area contributed by atoms with Crippen molar-refractivity contribution in [1.82, 2.24) is 9.21 Å². The minimum atomic E-state index is -3.50. The van der Waals surface area contributed by atoms with Crippen molar-refractivity contribution in [1.29, 1.82) is 0 Å². The standard InChI is InChI=1S/C21H28F2N2O4S/c22-21(23)29-19-3-1-18-14-20(4-2-17(18)13-19)30(26,27)25-7-5-16(6-8-25)15-24-9-11-28-12-10-24/h1,3,13-14,16,21H,2,4-12,15H2. The van der Waals surface area contributed by atoms with Crippen molar-refractivity contribution in [2.75, 3.05) is 45.9 Å². The molecule has 6 nitrogen and oxygen atoms in total. The molecule has 0 atom stereocenters. The van der Waals surface area contributed by atoms with Crippen molar-refractivity contribution in [3.8, 4) is 5.75 Å². The third-order valence-electron chi connectivity index (χ3n) is 6.16. The van der Waals surface area contributed by atoms with E-state index in [9.17, 15) is 17.2 Å². The predicted octanol–water partition coefficient (Wildman–Crippen LogP) is 2.95. The summed E-state index contributed by atoms with van der Waals surface area (Å²) >= 11 is 0. The molecule has 2 fully saturated rings. The van der Waals surface area contributed by atoms with Gasteiger partial charge in [-0.1, -0.05) is 6.07 Å². The summed E-state index contributed by atoms with van der Waals surface area (Å²) in [5, 5.41) is 0. The molecule has 9 heteroatoms. The largest absolute Gasteiger partial charge is 0.435 e. The summed E-state index contributed by atoms with van der Waals surface area (Å²) in [7, 11) is -3.50. The lowest BCUT2D eigenvalue weighted by molar-refractivity contribution is -0.0498. The van der Waals surface area contributed by atoms with Crippen LogP contribution in [-0.4, -0.2) is 70.2 Å². The van der Waals surface area contributed by atoms with Gasteiger partial charge in [0.15, 0.2) is 0 Å². The van der Waals surface area contributed by atoms with Crippen LogP contribution in [0.25, 0.3) is 6.08 Å². The first-order valence-corrected chi connectivity index (χ1v) is 11.9. The fourth-order valence-corrected chi connectivity index (χ4v) is 6.13. The molecule has 4 rings (SSSR count). The highest BCUT2D eigenvalue weighted by atomic mass is 32.2. The molecule has 1 aliphatic carbocycles. The zero-order valence-electron chi connectivity index (χ0n) is 16.9. The van der Waals surface area contributed by atoms with Crippen LogP contribution in [0.4, 0.5) is 8.78 Å². The molecule has 0 unspecified atom stereocenters. The number of rotatable bonds is 6. The van der Waals surface area contributed by atoms with Crippen LogP contribution in [0.15, 0.2) is 23.1 Å². The van der Waals surface area contributed by atoms with E-state index in [1.54, 1.807) is 22.5 Å². The number of sulfonamides is 1. The number of halogens is 2. The van der Waals surface area contributed by atoms with Crippen LogP contribution in [0, 0.1) is 5.92 Å². The number of morpholine rings is 1. The second-order valence-electron chi connectivity index (χ2n) is 8.11. The zero-order chi connectivity index (χ0) is 21.1. The number of benzene rings is 1. The smallest absolute Gasteiger partial charge is 0.387 e. The Morgan fingerprint density at radius 3 is 2.53 bits per heavy atom. The average molecular weight is 443 g/mol. The first-order valence-electron chi connectivity index (χ1n) is 10.5. The normalized spacial score (nSPS) is 22.0. The zero-order valence-corrected chi connectivity index (χ0v) is 17.8. The van der Waals surface area contributed by atoms with Crippen LogP contribution < -0.4 is 4.74 Å². The molecule has 0 radical (unpaired) electrons. The fraction of sp³-hybridized carbons (Fsp3) is 0.619. The molecule has 0 amide bonds. The summed E-state index contributed by atoms with van der Waals surface area (Å²) in [6, 6.07) is 4.67. The molecule has 2 saturated heterocycles. The maximum Gasteiger partial charge on any atom is 0.387 e. The van der Waals surface area contributed by atoms with E-state index in [4.69, 9.17) is 4.74 Å². The lowest BCUT2D eigenvalue weighted by Gasteiger charge is -2.36. The minimum Gasteiger partial charge on any atom is -0.435 e. The molecule has 2 heterocycles. The second-order valence-corrected chi connectivity index (χ2v) is 10.1. The van der Waals surface area contributed by atoms with Gasteiger partial charge < -0.3 is 9.47 Å². The molecule has 0 N–H and O–H groups in total. The van der Waals surface area contributed by atoms with Gasteiger partial charge in [-0.3, -0.25) is 4.90 Å². The molecule has 1 aromatic rings. The van der Waals surface area contributed by atoms with Crippen LogP contribution in [0.5, 0.6) is 5.75 Å².